The van der Waals surface area contributed by atoms with Gasteiger partial charge in [0, 0.05) is 18.7 Å². The van der Waals surface area contributed by atoms with Crippen LogP contribution in [0.2, 0.25) is 0 Å². The van der Waals surface area contributed by atoms with E-state index in [1.807, 2.05) is 17.5 Å². The van der Waals surface area contributed by atoms with Crippen LogP contribution in [-0.4, -0.2) is 41.9 Å². The smallest absolute Gasteiger partial charge is 0.252 e. The first-order valence-corrected chi connectivity index (χ1v) is 12.0. The molecule has 0 bridgehead atoms. The van der Waals surface area contributed by atoms with Crippen molar-refractivity contribution in [1.29, 1.82) is 0 Å². The van der Waals surface area contributed by atoms with Gasteiger partial charge in [-0.1, -0.05) is 23.7 Å². The van der Waals surface area contributed by atoms with E-state index in [-0.39, 0.29) is 23.2 Å². The average Bonchev–Trinajstić information content (AvgIpc) is 3.45. The largest absolute Gasteiger partial charge is 0.343 e. The number of hydrogen-bond donors (Lipinski definition) is 1. The monoisotopic (exact) mass is 446 g/mol. The molecule has 0 unspecified atom stereocenters. The minimum absolute atomic E-state index is 0.0553. The predicted octanol–water partition coefficient (Wildman–Crippen LogP) is 3.21. The number of nitrogens with one attached hydrogen (secondary N) is 1. The third kappa shape index (κ3) is 4.30. The molecule has 1 saturated heterocycles. The first-order chi connectivity index (χ1) is 14.4. The Kier molecular flexibility index (Phi) is 5.98. The van der Waals surface area contributed by atoms with Crippen molar-refractivity contribution in [3.8, 4) is 10.7 Å². The highest BCUT2D eigenvalue weighted by Crippen LogP contribution is 2.23. The molecule has 1 aliphatic rings. The van der Waals surface area contributed by atoms with Gasteiger partial charge >= 0.3 is 0 Å². The van der Waals surface area contributed by atoms with Crippen LogP contribution in [0.1, 0.15) is 41.1 Å². The molecule has 1 N–H and O–H groups in total. The van der Waals surface area contributed by atoms with Gasteiger partial charge in [-0.05, 0) is 48.9 Å². The molecule has 1 aliphatic heterocycles. The third-order valence-electron chi connectivity index (χ3n) is 5.02. The van der Waals surface area contributed by atoms with Gasteiger partial charge in [-0.2, -0.15) is 9.29 Å². The van der Waals surface area contributed by atoms with Gasteiger partial charge in [0.05, 0.1) is 16.3 Å². The number of piperidine rings is 1. The zero-order valence-corrected chi connectivity index (χ0v) is 18.1. The maximum absolute atomic E-state index is 12.9. The van der Waals surface area contributed by atoms with Crippen LogP contribution in [0.25, 0.3) is 10.7 Å². The summed E-state index contributed by atoms with van der Waals surface area (Å²) in [5, 5.41) is 8.56. The Morgan fingerprint density at radius 2 is 2.03 bits per heavy atom. The molecule has 1 aromatic carbocycles. The van der Waals surface area contributed by atoms with E-state index < -0.39 is 10.0 Å². The zero-order chi connectivity index (χ0) is 21.1. The van der Waals surface area contributed by atoms with E-state index in [1.54, 1.807) is 19.1 Å². The first kappa shape index (κ1) is 20.7. The third-order valence-corrected chi connectivity index (χ3v) is 7.78. The summed E-state index contributed by atoms with van der Waals surface area (Å²) in [7, 11) is -3.61. The lowest BCUT2D eigenvalue weighted by Crippen LogP contribution is -2.35. The van der Waals surface area contributed by atoms with Crippen molar-refractivity contribution in [2.75, 3.05) is 13.1 Å². The molecular weight excluding hydrogens is 424 g/mol. The number of carbonyl (C=O) groups is 1. The number of aryl methyl sites for hydroxylation is 1. The number of hydrogen-bond acceptors (Lipinski definition) is 7. The van der Waals surface area contributed by atoms with Crippen LogP contribution in [0.15, 0.2) is 45.1 Å². The standard InChI is InChI=1S/C20H22N4O4S2/c1-14-7-8-15(30(26,27)24-9-3-2-4-10-24)12-16(14)20(25)21-13-18-22-19(23-28-18)17-6-5-11-29-17/h5-8,11-12H,2-4,9-10,13H2,1H3,(H,21,25). The number of sulfonamides is 1. The Balaban J connectivity index is 1.48. The molecule has 0 saturated carbocycles. The maximum Gasteiger partial charge on any atom is 0.252 e. The summed E-state index contributed by atoms with van der Waals surface area (Å²) >= 11 is 1.49. The summed E-state index contributed by atoms with van der Waals surface area (Å²) in [5.41, 5.74) is 1.00. The number of rotatable bonds is 6. The van der Waals surface area contributed by atoms with E-state index in [0.717, 1.165) is 24.1 Å². The molecule has 0 aliphatic carbocycles. The molecule has 158 valence electrons. The number of carbonyl (C=O) groups excluding carboxylic acids is 1. The Labute approximate surface area is 179 Å². The molecule has 3 heterocycles. The van der Waals surface area contributed by atoms with E-state index in [1.165, 1.54) is 21.7 Å². The van der Waals surface area contributed by atoms with Gasteiger partial charge in [0.15, 0.2) is 0 Å². The van der Waals surface area contributed by atoms with Crippen LogP contribution in [0.4, 0.5) is 0 Å². The summed E-state index contributed by atoms with van der Waals surface area (Å²) in [6, 6.07) is 8.44. The van der Waals surface area contributed by atoms with Crippen molar-refractivity contribution in [1.82, 2.24) is 19.8 Å². The highest BCUT2D eigenvalue weighted by molar-refractivity contribution is 7.89. The molecule has 8 nitrogen and oxygen atoms in total. The van der Waals surface area contributed by atoms with Gasteiger partial charge in [0.2, 0.25) is 21.7 Å². The van der Waals surface area contributed by atoms with Crippen LogP contribution in [0, 0.1) is 6.92 Å². The van der Waals surface area contributed by atoms with Crippen LogP contribution in [-0.2, 0) is 16.6 Å². The minimum Gasteiger partial charge on any atom is -0.343 e. The zero-order valence-electron chi connectivity index (χ0n) is 16.5. The van der Waals surface area contributed by atoms with Crippen LogP contribution < -0.4 is 5.32 Å². The quantitative estimate of drug-likeness (QED) is 0.623. The molecule has 2 aromatic heterocycles. The molecule has 30 heavy (non-hydrogen) atoms. The SMILES string of the molecule is Cc1ccc(S(=O)(=O)N2CCCCC2)cc1C(=O)NCc1nc(-c2cccs2)no1. The second kappa shape index (κ2) is 8.66. The topological polar surface area (TPSA) is 105 Å². The van der Waals surface area contributed by atoms with Gasteiger partial charge in [0.1, 0.15) is 0 Å². The molecule has 10 heteroatoms. The molecule has 3 aromatic rings. The summed E-state index contributed by atoms with van der Waals surface area (Å²) in [6.07, 6.45) is 2.75. The van der Waals surface area contributed by atoms with E-state index in [9.17, 15) is 13.2 Å². The minimum atomic E-state index is -3.61. The first-order valence-electron chi connectivity index (χ1n) is 9.70. The Bertz CT molecular complexity index is 1130. The number of amides is 1. The highest BCUT2D eigenvalue weighted by Gasteiger charge is 2.27. The summed E-state index contributed by atoms with van der Waals surface area (Å²) in [4.78, 5) is 18.0. The fourth-order valence-corrected chi connectivity index (χ4v) is 5.54. The van der Waals surface area contributed by atoms with Gasteiger partial charge in [0.25, 0.3) is 5.91 Å². The Morgan fingerprint density at radius 3 is 2.77 bits per heavy atom. The van der Waals surface area contributed by atoms with Crippen molar-refractivity contribution < 1.29 is 17.7 Å². The highest BCUT2D eigenvalue weighted by atomic mass is 32.2. The van der Waals surface area contributed by atoms with Crippen LogP contribution >= 0.6 is 11.3 Å². The summed E-state index contributed by atoms with van der Waals surface area (Å²) in [6.45, 7) is 2.86. The molecule has 1 fully saturated rings. The maximum atomic E-state index is 12.9. The summed E-state index contributed by atoms with van der Waals surface area (Å²) < 4.78 is 32.5. The van der Waals surface area contributed by atoms with Crippen molar-refractivity contribution in [2.24, 2.45) is 0 Å². The van der Waals surface area contributed by atoms with Crippen molar-refractivity contribution in [3.63, 3.8) is 0 Å². The summed E-state index contributed by atoms with van der Waals surface area (Å²) in [5.74, 6) is 0.362. The Morgan fingerprint density at radius 1 is 1.23 bits per heavy atom. The van der Waals surface area contributed by atoms with Crippen molar-refractivity contribution >= 4 is 27.3 Å². The number of benzene rings is 1. The van der Waals surface area contributed by atoms with Crippen molar-refractivity contribution in [3.05, 3.63) is 52.7 Å². The fraction of sp³-hybridized carbons (Fsp3) is 0.350. The van der Waals surface area contributed by atoms with Gasteiger partial charge in [-0.15, -0.1) is 11.3 Å². The number of thiophene rings is 1. The lowest BCUT2D eigenvalue weighted by atomic mass is 10.1. The van der Waals surface area contributed by atoms with Crippen LogP contribution in [0.5, 0.6) is 0 Å². The average molecular weight is 447 g/mol. The molecule has 4 rings (SSSR count). The Hall–Kier alpha value is -2.56. The second-order valence-corrected chi connectivity index (χ2v) is 10.00. The lowest BCUT2D eigenvalue weighted by molar-refractivity contribution is 0.0945. The lowest BCUT2D eigenvalue weighted by Gasteiger charge is -2.26. The van der Waals surface area contributed by atoms with E-state index in [2.05, 4.69) is 15.5 Å². The molecule has 1 amide bonds. The van der Waals surface area contributed by atoms with Gasteiger partial charge in [-0.3, -0.25) is 4.79 Å². The van der Waals surface area contributed by atoms with E-state index >= 15 is 0 Å². The number of nitrogens with zero attached hydrogens (tertiary/aromatic N) is 3. The van der Waals surface area contributed by atoms with Crippen molar-refractivity contribution in [2.45, 2.75) is 37.6 Å². The molecular formula is C20H22N4O4S2. The number of aromatic nitrogens is 2. The predicted molar refractivity (Wildman–Crippen MR) is 113 cm³/mol. The van der Waals surface area contributed by atoms with E-state index in [4.69, 9.17) is 4.52 Å². The van der Waals surface area contributed by atoms with Gasteiger partial charge < -0.3 is 9.84 Å². The van der Waals surface area contributed by atoms with Crippen LogP contribution in [0.3, 0.4) is 0 Å². The molecule has 0 spiro atoms. The normalized spacial score (nSPS) is 15.2. The molecule has 0 atom stereocenters. The van der Waals surface area contributed by atoms with Gasteiger partial charge in [-0.25, -0.2) is 8.42 Å². The van der Waals surface area contributed by atoms with E-state index in [0.29, 0.717) is 30.0 Å². The molecule has 0 radical (unpaired) electrons. The fourth-order valence-electron chi connectivity index (χ4n) is 3.34. The second-order valence-electron chi connectivity index (χ2n) is 7.11.